The standard InChI is InChI=1S/C12H12FNS/c1-3-4-8(2)12-14-10-7-9(13)5-6-11(10)15-12/h5-7H,2-4H2,1H3. The first kappa shape index (κ1) is 10.3. The predicted molar refractivity (Wildman–Crippen MR) is 63.5 cm³/mol. The molecule has 0 aliphatic heterocycles. The van der Waals surface area contributed by atoms with E-state index in [2.05, 4.69) is 18.5 Å². The lowest BCUT2D eigenvalue weighted by Gasteiger charge is -1.96. The number of nitrogens with zero attached hydrogens (tertiary/aromatic N) is 1. The molecule has 2 rings (SSSR count). The van der Waals surface area contributed by atoms with Gasteiger partial charge in [-0.3, -0.25) is 0 Å². The summed E-state index contributed by atoms with van der Waals surface area (Å²) in [6.45, 7) is 6.10. The third-order valence-corrected chi connectivity index (χ3v) is 3.34. The fourth-order valence-electron chi connectivity index (χ4n) is 1.46. The van der Waals surface area contributed by atoms with Crippen LogP contribution in [0.4, 0.5) is 4.39 Å². The highest BCUT2D eigenvalue weighted by Crippen LogP contribution is 2.28. The van der Waals surface area contributed by atoms with Crippen LogP contribution in [0.5, 0.6) is 0 Å². The van der Waals surface area contributed by atoms with Gasteiger partial charge in [-0.2, -0.15) is 0 Å². The molecule has 1 heterocycles. The predicted octanol–water partition coefficient (Wildman–Crippen LogP) is 4.25. The van der Waals surface area contributed by atoms with Crippen LogP contribution in [-0.4, -0.2) is 4.98 Å². The Morgan fingerprint density at radius 2 is 2.33 bits per heavy atom. The van der Waals surface area contributed by atoms with Gasteiger partial charge in [-0.05, 0) is 24.1 Å². The van der Waals surface area contributed by atoms with Crippen molar-refractivity contribution in [2.45, 2.75) is 19.8 Å². The van der Waals surface area contributed by atoms with E-state index in [0.29, 0.717) is 0 Å². The molecule has 1 aromatic carbocycles. The number of hydrogen-bond acceptors (Lipinski definition) is 2. The highest BCUT2D eigenvalue weighted by molar-refractivity contribution is 7.19. The maximum Gasteiger partial charge on any atom is 0.125 e. The van der Waals surface area contributed by atoms with Crippen molar-refractivity contribution < 1.29 is 4.39 Å². The van der Waals surface area contributed by atoms with E-state index in [0.717, 1.165) is 33.6 Å². The van der Waals surface area contributed by atoms with E-state index in [-0.39, 0.29) is 5.82 Å². The summed E-state index contributed by atoms with van der Waals surface area (Å²) in [5.41, 5.74) is 1.77. The quantitative estimate of drug-likeness (QED) is 0.755. The first-order chi connectivity index (χ1) is 7.20. The third-order valence-electron chi connectivity index (χ3n) is 2.20. The second-order valence-corrected chi connectivity index (χ2v) is 4.52. The van der Waals surface area contributed by atoms with Gasteiger partial charge in [0.05, 0.1) is 10.2 Å². The molecule has 3 heteroatoms. The Kier molecular flexibility index (Phi) is 2.82. The molecule has 0 saturated heterocycles. The van der Waals surface area contributed by atoms with E-state index in [1.54, 1.807) is 17.4 Å². The van der Waals surface area contributed by atoms with E-state index in [1.165, 1.54) is 12.1 Å². The second-order valence-electron chi connectivity index (χ2n) is 3.48. The largest absolute Gasteiger partial charge is 0.236 e. The summed E-state index contributed by atoms with van der Waals surface area (Å²) >= 11 is 1.58. The maximum atomic E-state index is 12.9. The van der Waals surface area contributed by atoms with Crippen LogP contribution < -0.4 is 0 Å². The van der Waals surface area contributed by atoms with Crippen LogP contribution in [0, 0.1) is 5.82 Å². The Morgan fingerprint density at radius 3 is 3.07 bits per heavy atom. The second kappa shape index (κ2) is 4.11. The molecule has 1 nitrogen and oxygen atoms in total. The average molecular weight is 221 g/mol. The lowest BCUT2D eigenvalue weighted by atomic mass is 10.2. The van der Waals surface area contributed by atoms with Crippen molar-refractivity contribution in [1.29, 1.82) is 0 Å². The van der Waals surface area contributed by atoms with Crippen LogP contribution >= 0.6 is 11.3 Å². The molecule has 0 spiro atoms. The van der Waals surface area contributed by atoms with Crippen molar-refractivity contribution in [2.75, 3.05) is 0 Å². The number of halogens is 1. The van der Waals surface area contributed by atoms with Gasteiger partial charge >= 0.3 is 0 Å². The van der Waals surface area contributed by atoms with Crippen LogP contribution in [-0.2, 0) is 0 Å². The summed E-state index contributed by atoms with van der Waals surface area (Å²) in [4.78, 5) is 4.37. The number of rotatable bonds is 3. The number of benzene rings is 1. The molecule has 0 saturated carbocycles. The van der Waals surface area contributed by atoms with Gasteiger partial charge in [-0.25, -0.2) is 9.37 Å². The van der Waals surface area contributed by atoms with Crippen molar-refractivity contribution >= 4 is 27.1 Å². The van der Waals surface area contributed by atoms with Gasteiger partial charge in [-0.1, -0.05) is 19.9 Å². The van der Waals surface area contributed by atoms with Gasteiger partial charge in [0.25, 0.3) is 0 Å². The Balaban J connectivity index is 2.42. The van der Waals surface area contributed by atoms with Crippen LogP contribution in [0.2, 0.25) is 0 Å². The fourth-order valence-corrected chi connectivity index (χ4v) is 2.40. The van der Waals surface area contributed by atoms with Crippen LogP contribution in [0.15, 0.2) is 24.8 Å². The SMILES string of the molecule is C=C(CCC)c1nc2cc(F)ccc2s1. The Labute approximate surface area is 92.3 Å². The molecular formula is C12H12FNS. The number of allylic oxidation sites excluding steroid dienone is 1. The topological polar surface area (TPSA) is 12.9 Å². The molecule has 0 unspecified atom stereocenters. The van der Waals surface area contributed by atoms with E-state index in [4.69, 9.17) is 0 Å². The zero-order valence-corrected chi connectivity index (χ0v) is 9.40. The molecule has 0 radical (unpaired) electrons. The minimum atomic E-state index is -0.236. The highest BCUT2D eigenvalue weighted by Gasteiger charge is 2.06. The smallest absolute Gasteiger partial charge is 0.125 e. The van der Waals surface area contributed by atoms with E-state index in [9.17, 15) is 4.39 Å². The summed E-state index contributed by atoms with van der Waals surface area (Å²) in [5, 5.41) is 0.928. The van der Waals surface area contributed by atoms with Crippen LogP contribution in [0.25, 0.3) is 15.8 Å². The molecule has 1 aromatic heterocycles. The van der Waals surface area contributed by atoms with Gasteiger partial charge in [0.2, 0.25) is 0 Å². The molecule has 2 aromatic rings. The lowest BCUT2D eigenvalue weighted by molar-refractivity contribution is 0.629. The van der Waals surface area contributed by atoms with Crippen molar-refractivity contribution in [2.24, 2.45) is 0 Å². The normalized spacial score (nSPS) is 10.8. The summed E-state index contributed by atoms with van der Waals surface area (Å²) in [6.07, 6.45) is 2.01. The van der Waals surface area contributed by atoms with Gasteiger partial charge < -0.3 is 0 Å². The minimum Gasteiger partial charge on any atom is -0.236 e. The number of hydrogen-bond donors (Lipinski definition) is 0. The Hall–Kier alpha value is -1.22. The third kappa shape index (κ3) is 2.07. The number of fused-ring (bicyclic) bond motifs is 1. The first-order valence-corrected chi connectivity index (χ1v) is 5.76. The first-order valence-electron chi connectivity index (χ1n) is 4.95. The van der Waals surface area contributed by atoms with Crippen molar-refractivity contribution in [3.8, 4) is 0 Å². The average Bonchev–Trinajstić information content (AvgIpc) is 2.60. The monoisotopic (exact) mass is 221 g/mol. The molecule has 0 fully saturated rings. The fraction of sp³-hybridized carbons (Fsp3) is 0.250. The van der Waals surface area contributed by atoms with E-state index < -0.39 is 0 Å². The van der Waals surface area contributed by atoms with Crippen molar-refractivity contribution in [3.05, 3.63) is 35.6 Å². The zero-order valence-electron chi connectivity index (χ0n) is 8.59. The molecule has 0 amide bonds. The molecule has 15 heavy (non-hydrogen) atoms. The molecule has 0 bridgehead atoms. The van der Waals surface area contributed by atoms with Crippen molar-refractivity contribution in [3.63, 3.8) is 0 Å². The molecule has 0 aliphatic rings. The highest BCUT2D eigenvalue weighted by atomic mass is 32.1. The Bertz CT molecular complexity index is 501. The van der Waals surface area contributed by atoms with Gasteiger partial charge in [0.15, 0.2) is 0 Å². The summed E-state index contributed by atoms with van der Waals surface area (Å²) < 4.78 is 14.0. The number of aromatic nitrogens is 1. The maximum absolute atomic E-state index is 12.9. The molecule has 0 aliphatic carbocycles. The summed E-state index contributed by atoms with van der Waals surface area (Å²) in [6, 6.07) is 4.70. The van der Waals surface area contributed by atoms with Gasteiger partial charge in [-0.15, -0.1) is 11.3 Å². The molecule has 0 N–H and O–H groups in total. The van der Waals surface area contributed by atoms with E-state index in [1.807, 2.05) is 0 Å². The summed E-state index contributed by atoms with van der Waals surface area (Å²) in [5.74, 6) is -0.236. The molecular weight excluding hydrogens is 209 g/mol. The molecule has 0 atom stereocenters. The Morgan fingerprint density at radius 1 is 1.53 bits per heavy atom. The summed E-state index contributed by atoms with van der Waals surface area (Å²) in [7, 11) is 0. The zero-order chi connectivity index (χ0) is 10.8. The number of thiazole rings is 1. The van der Waals surface area contributed by atoms with Crippen LogP contribution in [0.1, 0.15) is 24.8 Å². The lowest BCUT2D eigenvalue weighted by Crippen LogP contribution is -1.80. The van der Waals surface area contributed by atoms with Crippen molar-refractivity contribution in [1.82, 2.24) is 4.98 Å². The minimum absolute atomic E-state index is 0.236. The molecule has 78 valence electrons. The van der Waals surface area contributed by atoms with Gasteiger partial charge in [0.1, 0.15) is 10.8 Å². The van der Waals surface area contributed by atoms with E-state index >= 15 is 0 Å². The van der Waals surface area contributed by atoms with Crippen LogP contribution in [0.3, 0.4) is 0 Å². The van der Waals surface area contributed by atoms with Gasteiger partial charge in [0, 0.05) is 6.07 Å².